The van der Waals surface area contributed by atoms with Crippen LogP contribution in [0.25, 0.3) is 6.08 Å². The molecule has 3 aromatic rings. The van der Waals surface area contributed by atoms with Crippen LogP contribution in [0.4, 0.5) is 0 Å². The van der Waals surface area contributed by atoms with Gasteiger partial charge in [0.25, 0.3) is 5.91 Å². The van der Waals surface area contributed by atoms with Crippen molar-refractivity contribution in [2.45, 2.75) is 45.2 Å². The highest BCUT2D eigenvalue weighted by molar-refractivity contribution is 6.14. The highest BCUT2D eigenvalue weighted by Gasteiger charge is 2.42. The molecular formula is C30H33N3O4. The van der Waals surface area contributed by atoms with Crippen molar-refractivity contribution in [2.75, 3.05) is 13.2 Å². The zero-order chi connectivity index (χ0) is 26.0. The van der Waals surface area contributed by atoms with Gasteiger partial charge in [-0.05, 0) is 42.2 Å². The maximum atomic E-state index is 13.4. The minimum Gasteiger partial charge on any atom is -0.503 e. The number of hydrogen-bond acceptors (Lipinski definition) is 5. The summed E-state index contributed by atoms with van der Waals surface area (Å²) in [5.41, 5.74) is 1.67. The number of rotatable bonds is 13. The van der Waals surface area contributed by atoms with E-state index in [9.17, 15) is 14.7 Å². The van der Waals surface area contributed by atoms with E-state index in [-0.39, 0.29) is 5.57 Å². The first-order valence-electron chi connectivity index (χ1n) is 12.8. The molecule has 1 aromatic heterocycles. The van der Waals surface area contributed by atoms with Gasteiger partial charge in [-0.1, -0.05) is 68.3 Å². The fraction of sp³-hybridized carbons (Fsp3) is 0.300. The molecule has 37 heavy (non-hydrogen) atoms. The van der Waals surface area contributed by atoms with E-state index in [2.05, 4.69) is 11.9 Å². The molecular weight excluding hydrogens is 466 g/mol. The van der Waals surface area contributed by atoms with Crippen LogP contribution in [0.5, 0.6) is 5.75 Å². The summed E-state index contributed by atoms with van der Waals surface area (Å²) in [5.74, 6) is -0.755. The number of nitrogens with zero attached hydrogens (tertiary/aromatic N) is 3. The monoisotopic (exact) mass is 499 g/mol. The summed E-state index contributed by atoms with van der Waals surface area (Å²) in [5, 5.41) is 10.9. The number of carbonyl (C=O) groups excluding carboxylic acids is 2. The molecule has 0 saturated carbocycles. The largest absolute Gasteiger partial charge is 0.503 e. The molecule has 1 unspecified atom stereocenters. The van der Waals surface area contributed by atoms with Crippen LogP contribution in [0, 0.1) is 0 Å². The molecule has 0 radical (unpaired) electrons. The van der Waals surface area contributed by atoms with Crippen molar-refractivity contribution in [2.24, 2.45) is 0 Å². The number of aromatic nitrogens is 2. The predicted molar refractivity (Wildman–Crippen MR) is 143 cm³/mol. The van der Waals surface area contributed by atoms with Gasteiger partial charge < -0.3 is 19.3 Å². The molecule has 2 aromatic carbocycles. The Bertz CT molecular complexity index is 1250. The van der Waals surface area contributed by atoms with Crippen LogP contribution in [0.15, 0.2) is 90.7 Å². The molecule has 192 valence electrons. The third-order valence-electron chi connectivity index (χ3n) is 6.36. The fourth-order valence-corrected chi connectivity index (χ4v) is 4.47. The predicted octanol–water partition coefficient (Wildman–Crippen LogP) is 5.52. The minimum absolute atomic E-state index is 0.0861. The van der Waals surface area contributed by atoms with Gasteiger partial charge >= 0.3 is 0 Å². The first-order chi connectivity index (χ1) is 18.1. The molecule has 2 heterocycles. The van der Waals surface area contributed by atoms with E-state index in [0.29, 0.717) is 31.9 Å². The fourth-order valence-electron chi connectivity index (χ4n) is 4.47. The van der Waals surface area contributed by atoms with Crippen molar-refractivity contribution >= 4 is 17.8 Å². The number of aliphatic hydroxyl groups is 1. The Balaban J connectivity index is 1.60. The highest BCUT2D eigenvalue weighted by atomic mass is 16.5. The second kappa shape index (κ2) is 12.7. The zero-order valence-corrected chi connectivity index (χ0v) is 21.1. The van der Waals surface area contributed by atoms with E-state index in [0.717, 1.165) is 30.4 Å². The molecule has 0 saturated heterocycles. The molecule has 4 rings (SSSR count). The molecule has 7 heteroatoms. The van der Waals surface area contributed by atoms with E-state index in [1.165, 1.54) is 6.08 Å². The number of ether oxygens (including phenoxy) is 1. The molecule has 0 aliphatic carbocycles. The van der Waals surface area contributed by atoms with Crippen LogP contribution < -0.4 is 4.74 Å². The molecule has 0 spiro atoms. The molecule has 1 atom stereocenters. The van der Waals surface area contributed by atoms with E-state index in [4.69, 9.17) is 4.74 Å². The van der Waals surface area contributed by atoms with E-state index in [1.54, 1.807) is 23.5 Å². The lowest BCUT2D eigenvalue weighted by molar-refractivity contribution is -0.129. The molecule has 1 N–H and O–H groups in total. The van der Waals surface area contributed by atoms with Crippen LogP contribution in [-0.2, 0) is 16.1 Å². The average Bonchev–Trinajstić information content (AvgIpc) is 3.53. The van der Waals surface area contributed by atoms with Crippen molar-refractivity contribution < 1.29 is 19.4 Å². The van der Waals surface area contributed by atoms with Crippen molar-refractivity contribution in [1.29, 1.82) is 0 Å². The van der Waals surface area contributed by atoms with Gasteiger partial charge in [0.2, 0.25) is 0 Å². The third kappa shape index (κ3) is 6.55. The van der Waals surface area contributed by atoms with Crippen LogP contribution in [-0.4, -0.2) is 44.4 Å². The molecule has 1 amide bonds. The maximum absolute atomic E-state index is 13.4. The summed E-state index contributed by atoms with van der Waals surface area (Å²) in [4.78, 5) is 32.2. The Morgan fingerprint density at radius 3 is 2.68 bits per heavy atom. The number of unbranched alkanes of at least 4 members (excludes halogenated alkanes) is 2. The lowest BCUT2D eigenvalue weighted by Crippen LogP contribution is -2.32. The Kier molecular flexibility index (Phi) is 8.92. The molecule has 7 nitrogen and oxygen atoms in total. The number of allylic oxidation sites excluding steroid dienone is 1. The van der Waals surface area contributed by atoms with Gasteiger partial charge in [-0.2, -0.15) is 0 Å². The van der Waals surface area contributed by atoms with Gasteiger partial charge in [-0.25, -0.2) is 4.98 Å². The number of aliphatic hydroxyl groups excluding tert-OH is 1. The standard InChI is InChI=1S/C30H33N3O4/c1-2-3-7-20-37-25-13-8-12-24(21-25)28-27(26(34)15-14-23-10-5-4-6-11-23)29(35)30(36)33(28)18-9-17-32-19-16-31-22-32/h4-6,8,10-16,19,21-22,28,35H,2-3,7,9,17-18,20H2,1H3. The van der Waals surface area contributed by atoms with Crippen LogP contribution in [0.1, 0.15) is 49.8 Å². The van der Waals surface area contributed by atoms with Crippen LogP contribution >= 0.6 is 0 Å². The minimum atomic E-state index is -0.706. The number of imidazole rings is 1. The van der Waals surface area contributed by atoms with Gasteiger partial charge in [0.15, 0.2) is 11.5 Å². The maximum Gasteiger partial charge on any atom is 0.290 e. The Labute approximate surface area is 217 Å². The summed E-state index contributed by atoms with van der Waals surface area (Å²) in [6.07, 6.45) is 12.2. The summed E-state index contributed by atoms with van der Waals surface area (Å²) in [6.45, 7) is 3.77. The summed E-state index contributed by atoms with van der Waals surface area (Å²) in [6, 6.07) is 16.2. The molecule has 0 bridgehead atoms. The Morgan fingerprint density at radius 1 is 1.08 bits per heavy atom. The van der Waals surface area contributed by atoms with E-state index < -0.39 is 23.5 Å². The zero-order valence-electron chi connectivity index (χ0n) is 21.1. The highest BCUT2D eigenvalue weighted by Crippen LogP contribution is 2.39. The van der Waals surface area contributed by atoms with E-state index >= 15 is 0 Å². The van der Waals surface area contributed by atoms with Crippen LogP contribution in [0.3, 0.4) is 0 Å². The Hall–Kier alpha value is -4.13. The Morgan fingerprint density at radius 2 is 1.92 bits per heavy atom. The second-order valence-electron chi connectivity index (χ2n) is 9.05. The van der Waals surface area contributed by atoms with Crippen molar-refractivity contribution in [3.8, 4) is 5.75 Å². The third-order valence-corrected chi connectivity index (χ3v) is 6.36. The lowest BCUT2D eigenvalue weighted by Gasteiger charge is -2.27. The number of benzene rings is 2. The molecule has 1 aliphatic rings. The summed E-state index contributed by atoms with van der Waals surface area (Å²) >= 11 is 0. The topological polar surface area (TPSA) is 84.7 Å². The van der Waals surface area contributed by atoms with E-state index in [1.807, 2.05) is 65.4 Å². The normalized spacial score (nSPS) is 15.6. The smallest absolute Gasteiger partial charge is 0.290 e. The van der Waals surface area contributed by atoms with Crippen molar-refractivity contribution in [3.63, 3.8) is 0 Å². The van der Waals surface area contributed by atoms with Gasteiger partial charge in [-0.3, -0.25) is 9.59 Å². The number of hydrogen-bond donors (Lipinski definition) is 1. The van der Waals surface area contributed by atoms with Gasteiger partial charge in [0, 0.05) is 25.5 Å². The summed E-state index contributed by atoms with van der Waals surface area (Å²) < 4.78 is 7.87. The first-order valence-corrected chi connectivity index (χ1v) is 12.8. The lowest BCUT2D eigenvalue weighted by atomic mass is 9.95. The first kappa shape index (κ1) is 25.9. The number of aryl methyl sites for hydroxylation is 1. The number of carbonyl (C=O) groups is 2. The van der Waals surface area contributed by atoms with Gasteiger partial charge in [-0.15, -0.1) is 0 Å². The van der Waals surface area contributed by atoms with Gasteiger partial charge in [0.05, 0.1) is 24.5 Å². The quantitative estimate of drug-likeness (QED) is 0.247. The van der Waals surface area contributed by atoms with Crippen LogP contribution in [0.2, 0.25) is 0 Å². The van der Waals surface area contributed by atoms with Crippen molar-refractivity contribution in [1.82, 2.24) is 14.5 Å². The summed E-state index contributed by atoms with van der Waals surface area (Å²) in [7, 11) is 0. The van der Waals surface area contributed by atoms with Crippen molar-refractivity contribution in [3.05, 3.63) is 102 Å². The van der Waals surface area contributed by atoms with Gasteiger partial charge in [0.1, 0.15) is 5.75 Å². The molecule has 1 aliphatic heterocycles. The average molecular weight is 500 g/mol. The molecule has 0 fully saturated rings. The number of ketones is 1. The second-order valence-corrected chi connectivity index (χ2v) is 9.05. The SMILES string of the molecule is CCCCCOc1cccc(C2C(C(=O)C=Cc3ccccc3)=C(O)C(=O)N2CCCn2ccnc2)c1. The number of amides is 1.